The fraction of sp³-hybridized carbons (Fsp3) is 0.353. The second-order valence-corrected chi connectivity index (χ2v) is 5.80. The van der Waals surface area contributed by atoms with Crippen LogP contribution < -0.4 is 10.2 Å². The van der Waals surface area contributed by atoms with E-state index in [4.69, 9.17) is 0 Å². The summed E-state index contributed by atoms with van der Waals surface area (Å²) in [6, 6.07) is 3.70. The van der Waals surface area contributed by atoms with Gasteiger partial charge in [0.1, 0.15) is 0 Å². The molecule has 3 rings (SSSR count). The maximum Gasteiger partial charge on any atom is 0.254 e. The highest BCUT2D eigenvalue weighted by Gasteiger charge is 2.20. The highest BCUT2D eigenvalue weighted by Crippen LogP contribution is 2.11. The molecule has 8 heteroatoms. The van der Waals surface area contributed by atoms with Gasteiger partial charge in [0.25, 0.3) is 5.91 Å². The van der Waals surface area contributed by atoms with E-state index in [0.717, 1.165) is 5.56 Å². The smallest absolute Gasteiger partial charge is 0.254 e. The molecule has 0 bridgehead atoms. The van der Waals surface area contributed by atoms with Crippen LogP contribution in [0, 0.1) is 0 Å². The minimum Gasteiger partial charge on any atom is -0.348 e. The Morgan fingerprint density at radius 1 is 1.08 bits per heavy atom. The number of piperazine rings is 1. The van der Waals surface area contributed by atoms with Crippen molar-refractivity contribution < 1.29 is 9.59 Å². The van der Waals surface area contributed by atoms with Gasteiger partial charge in [-0.2, -0.15) is 0 Å². The molecule has 3 heterocycles. The first kappa shape index (κ1) is 16.8. The van der Waals surface area contributed by atoms with Crippen molar-refractivity contribution in [3.8, 4) is 0 Å². The number of hydrogen-bond donors (Lipinski definition) is 1. The topological polar surface area (TPSA) is 91.3 Å². The quantitative estimate of drug-likeness (QED) is 0.870. The zero-order valence-electron chi connectivity index (χ0n) is 14.1. The van der Waals surface area contributed by atoms with E-state index in [2.05, 4.69) is 20.3 Å². The van der Waals surface area contributed by atoms with Gasteiger partial charge in [-0.3, -0.25) is 14.6 Å². The molecule has 0 spiro atoms. The van der Waals surface area contributed by atoms with E-state index in [1.165, 1.54) is 12.4 Å². The molecule has 0 atom stereocenters. The molecular formula is C17H20N6O2. The molecule has 0 aromatic carbocycles. The Morgan fingerprint density at radius 3 is 2.32 bits per heavy atom. The van der Waals surface area contributed by atoms with Crippen LogP contribution in [0.1, 0.15) is 22.8 Å². The molecule has 25 heavy (non-hydrogen) atoms. The molecule has 1 aliphatic heterocycles. The molecular weight excluding hydrogens is 320 g/mol. The summed E-state index contributed by atoms with van der Waals surface area (Å²) < 4.78 is 0. The lowest BCUT2D eigenvalue weighted by Gasteiger charge is -2.34. The van der Waals surface area contributed by atoms with Crippen LogP contribution in [0.25, 0.3) is 0 Å². The summed E-state index contributed by atoms with van der Waals surface area (Å²) >= 11 is 0. The summed E-state index contributed by atoms with van der Waals surface area (Å²) in [5.74, 6) is 0.445. The molecule has 0 radical (unpaired) electrons. The number of carbonyl (C=O) groups is 2. The zero-order valence-corrected chi connectivity index (χ0v) is 14.1. The molecule has 2 aromatic heterocycles. The number of carbonyl (C=O) groups excluding carboxylic acids is 2. The second-order valence-electron chi connectivity index (χ2n) is 5.80. The van der Waals surface area contributed by atoms with E-state index in [-0.39, 0.29) is 11.8 Å². The van der Waals surface area contributed by atoms with Crippen molar-refractivity contribution in [2.24, 2.45) is 0 Å². The van der Waals surface area contributed by atoms with Gasteiger partial charge in [0.2, 0.25) is 11.9 Å². The van der Waals surface area contributed by atoms with Gasteiger partial charge in [-0.15, -0.1) is 0 Å². The Labute approximate surface area is 145 Å². The van der Waals surface area contributed by atoms with Crippen LogP contribution in [0.4, 0.5) is 5.95 Å². The van der Waals surface area contributed by atoms with Crippen molar-refractivity contribution in [3.05, 3.63) is 48.0 Å². The standard InChI is InChI=1S/C17H20N6O2/c1-13(24)22-6-8-23(9-7-22)17-20-11-15(12-21-17)16(25)19-10-14-2-4-18-5-3-14/h2-5,11-12H,6-10H2,1H3,(H,19,25). The lowest BCUT2D eigenvalue weighted by molar-refractivity contribution is -0.129. The second kappa shape index (κ2) is 7.69. The maximum absolute atomic E-state index is 12.2. The third kappa shape index (κ3) is 4.28. The normalized spacial score (nSPS) is 14.3. The van der Waals surface area contributed by atoms with E-state index in [9.17, 15) is 9.59 Å². The maximum atomic E-state index is 12.2. The number of anilines is 1. The Hall–Kier alpha value is -3.03. The van der Waals surface area contributed by atoms with Gasteiger partial charge in [0.05, 0.1) is 5.56 Å². The van der Waals surface area contributed by atoms with Gasteiger partial charge in [0.15, 0.2) is 0 Å². The number of nitrogens with one attached hydrogen (secondary N) is 1. The summed E-state index contributed by atoms with van der Waals surface area (Å²) in [4.78, 5) is 39.8. The minimum absolute atomic E-state index is 0.0850. The largest absolute Gasteiger partial charge is 0.348 e. The molecule has 0 unspecified atom stereocenters. The molecule has 0 saturated carbocycles. The molecule has 1 saturated heterocycles. The van der Waals surface area contributed by atoms with Gasteiger partial charge < -0.3 is 15.1 Å². The first-order chi connectivity index (χ1) is 12.1. The monoisotopic (exact) mass is 340 g/mol. The third-order valence-electron chi connectivity index (χ3n) is 4.11. The molecule has 130 valence electrons. The molecule has 2 amide bonds. The molecule has 8 nitrogen and oxygen atoms in total. The average Bonchev–Trinajstić information content (AvgIpc) is 2.67. The lowest BCUT2D eigenvalue weighted by atomic mass is 10.2. The summed E-state index contributed by atoms with van der Waals surface area (Å²) in [6.45, 7) is 4.70. The van der Waals surface area contributed by atoms with Crippen LogP contribution in [-0.4, -0.2) is 57.8 Å². The van der Waals surface area contributed by atoms with Crippen molar-refractivity contribution in [1.29, 1.82) is 0 Å². The number of aromatic nitrogens is 3. The van der Waals surface area contributed by atoms with Crippen molar-refractivity contribution in [2.45, 2.75) is 13.5 Å². The van der Waals surface area contributed by atoms with E-state index in [1.807, 2.05) is 17.0 Å². The van der Waals surface area contributed by atoms with Crippen LogP contribution >= 0.6 is 0 Å². The Kier molecular flexibility index (Phi) is 5.17. The number of hydrogen-bond acceptors (Lipinski definition) is 6. The number of rotatable bonds is 4. The average molecular weight is 340 g/mol. The van der Waals surface area contributed by atoms with Crippen LogP contribution in [0.2, 0.25) is 0 Å². The van der Waals surface area contributed by atoms with Crippen molar-refractivity contribution in [3.63, 3.8) is 0 Å². The predicted octanol–water partition coefficient (Wildman–Crippen LogP) is 0.470. The molecule has 1 fully saturated rings. The Morgan fingerprint density at radius 2 is 1.72 bits per heavy atom. The van der Waals surface area contributed by atoms with Gasteiger partial charge in [0, 0.05) is 64.4 Å². The van der Waals surface area contributed by atoms with Crippen molar-refractivity contribution >= 4 is 17.8 Å². The predicted molar refractivity (Wildman–Crippen MR) is 91.9 cm³/mol. The van der Waals surface area contributed by atoms with Gasteiger partial charge in [-0.25, -0.2) is 9.97 Å². The minimum atomic E-state index is -0.218. The Balaban J connectivity index is 1.55. The highest BCUT2D eigenvalue weighted by atomic mass is 16.2. The number of pyridine rings is 1. The molecule has 0 aliphatic carbocycles. The van der Waals surface area contributed by atoms with E-state index in [0.29, 0.717) is 44.2 Å². The van der Waals surface area contributed by atoms with E-state index < -0.39 is 0 Å². The Bertz CT molecular complexity index is 727. The molecule has 2 aromatic rings. The first-order valence-corrected chi connectivity index (χ1v) is 8.13. The highest BCUT2D eigenvalue weighted by molar-refractivity contribution is 5.93. The SMILES string of the molecule is CC(=O)N1CCN(c2ncc(C(=O)NCc3ccncc3)cn2)CC1. The van der Waals surface area contributed by atoms with Crippen LogP contribution in [0.15, 0.2) is 36.9 Å². The van der Waals surface area contributed by atoms with Crippen molar-refractivity contribution in [2.75, 3.05) is 31.1 Å². The third-order valence-corrected chi connectivity index (χ3v) is 4.11. The van der Waals surface area contributed by atoms with Crippen LogP contribution in [-0.2, 0) is 11.3 Å². The molecule has 1 aliphatic rings. The van der Waals surface area contributed by atoms with Crippen LogP contribution in [0.5, 0.6) is 0 Å². The van der Waals surface area contributed by atoms with Gasteiger partial charge in [-0.05, 0) is 17.7 Å². The van der Waals surface area contributed by atoms with Gasteiger partial charge >= 0.3 is 0 Å². The van der Waals surface area contributed by atoms with Crippen LogP contribution in [0.3, 0.4) is 0 Å². The van der Waals surface area contributed by atoms with Gasteiger partial charge in [-0.1, -0.05) is 0 Å². The van der Waals surface area contributed by atoms with E-state index >= 15 is 0 Å². The number of amides is 2. The lowest BCUT2D eigenvalue weighted by Crippen LogP contribution is -2.48. The molecule has 1 N–H and O–H groups in total. The summed E-state index contributed by atoms with van der Waals surface area (Å²) in [5, 5.41) is 2.83. The van der Waals surface area contributed by atoms with Crippen molar-refractivity contribution in [1.82, 2.24) is 25.2 Å². The summed E-state index contributed by atoms with van der Waals surface area (Å²) in [5.41, 5.74) is 1.39. The summed E-state index contributed by atoms with van der Waals surface area (Å²) in [6.07, 6.45) is 6.43. The zero-order chi connectivity index (χ0) is 17.6. The first-order valence-electron chi connectivity index (χ1n) is 8.13. The fourth-order valence-electron chi connectivity index (χ4n) is 2.61. The van der Waals surface area contributed by atoms with E-state index in [1.54, 1.807) is 24.2 Å². The fourth-order valence-corrected chi connectivity index (χ4v) is 2.61. The summed E-state index contributed by atoms with van der Waals surface area (Å²) in [7, 11) is 0. The number of nitrogens with zero attached hydrogens (tertiary/aromatic N) is 5.